The summed E-state index contributed by atoms with van der Waals surface area (Å²) in [6.07, 6.45) is 0. The van der Waals surface area contributed by atoms with E-state index >= 15 is 0 Å². The van der Waals surface area contributed by atoms with Gasteiger partial charge in [0.05, 0.1) is 0 Å². The van der Waals surface area contributed by atoms with E-state index in [0.717, 1.165) is 44.0 Å². The first kappa shape index (κ1) is 15.3. The van der Waals surface area contributed by atoms with E-state index in [2.05, 4.69) is 23.6 Å². The molecule has 1 fully saturated rings. The van der Waals surface area contributed by atoms with Gasteiger partial charge in [-0.15, -0.1) is 0 Å². The number of hydrogen-bond acceptors (Lipinski definition) is 3. The van der Waals surface area contributed by atoms with Crippen molar-refractivity contribution in [1.29, 1.82) is 0 Å². The average molecular weight is 279 g/mol. The summed E-state index contributed by atoms with van der Waals surface area (Å²) in [5.41, 5.74) is 7.97. The van der Waals surface area contributed by atoms with E-state index in [4.69, 9.17) is 5.73 Å². The Labute approximate surface area is 121 Å². The maximum absolute atomic E-state index is 13.4. The van der Waals surface area contributed by atoms with Gasteiger partial charge in [0.1, 0.15) is 5.82 Å². The third kappa shape index (κ3) is 3.70. The van der Waals surface area contributed by atoms with Crippen LogP contribution in [0.5, 0.6) is 0 Å². The fraction of sp³-hybridized carbons (Fsp3) is 0.625. The van der Waals surface area contributed by atoms with Crippen molar-refractivity contribution in [3.05, 3.63) is 29.6 Å². The van der Waals surface area contributed by atoms with E-state index in [9.17, 15) is 4.39 Å². The Bertz CT molecular complexity index is 437. The molecule has 1 aliphatic rings. The molecule has 0 saturated carbocycles. The highest BCUT2D eigenvalue weighted by Gasteiger charge is 2.20. The van der Waals surface area contributed by atoms with Crippen molar-refractivity contribution in [3.8, 4) is 0 Å². The Morgan fingerprint density at radius 3 is 2.35 bits per heavy atom. The van der Waals surface area contributed by atoms with Gasteiger partial charge in [-0.1, -0.05) is 13.8 Å². The fourth-order valence-corrected chi connectivity index (χ4v) is 2.87. The molecular weight excluding hydrogens is 253 g/mol. The molecule has 2 rings (SSSR count). The fourth-order valence-electron chi connectivity index (χ4n) is 2.87. The Balaban J connectivity index is 2.07. The van der Waals surface area contributed by atoms with Crippen molar-refractivity contribution >= 4 is 5.69 Å². The van der Waals surface area contributed by atoms with Gasteiger partial charge in [0.25, 0.3) is 0 Å². The zero-order chi connectivity index (χ0) is 14.7. The van der Waals surface area contributed by atoms with Crippen LogP contribution in [0.15, 0.2) is 18.2 Å². The van der Waals surface area contributed by atoms with Crippen molar-refractivity contribution in [2.45, 2.75) is 26.8 Å². The molecule has 0 radical (unpaired) electrons. The predicted octanol–water partition coefficient (Wildman–Crippen LogP) is 2.62. The maximum Gasteiger partial charge on any atom is 0.123 e. The Kier molecular flexibility index (Phi) is 5.00. The van der Waals surface area contributed by atoms with E-state index in [1.165, 1.54) is 6.07 Å². The molecule has 20 heavy (non-hydrogen) atoms. The summed E-state index contributed by atoms with van der Waals surface area (Å²) >= 11 is 0. The van der Waals surface area contributed by atoms with Gasteiger partial charge >= 0.3 is 0 Å². The van der Waals surface area contributed by atoms with Crippen LogP contribution in [0.1, 0.15) is 32.4 Å². The summed E-state index contributed by atoms with van der Waals surface area (Å²) in [4.78, 5) is 4.82. The summed E-state index contributed by atoms with van der Waals surface area (Å²) in [5, 5.41) is 0. The summed E-state index contributed by atoms with van der Waals surface area (Å²) in [6, 6.07) is 4.82. The SMILES string of the molecule is CC(C)CN1CCN(c2ccc(F)cc2[C@H](C)N)CC1. The number of benzene rings is 1. The van der Waals surface area contributed by atoms with Crippen LogP contribution < -0.4 is 10.6 Å². The molecule has 4 heteroatoms. The van der Waals surface area contributed by atoms with Crippen LogP contribution in [0.2, 0.25) is 0 Å². The molecule has 2 N–H and O–H groups in total. The standard InChI is InChI=1S/C16H26FN3/c1-12(2)11-19-6-8-20(9-7-19)16-5-4-14(17)10-15(16)13(3)18/h4-5,10,12-13H,6-9,11,18H2,1-3H3/t13-/m0/s1. The molecular formula is C16H26FN3. The predicted molar refractivity (Wildman–Crippen MR) is 82.5 cm³/mol. The van der Waals surface area contributed by atoms with Crippen LogP contribution in [0, 0.1) is 11.7 Å². The molecule has 1 aromatic carbocycles. The normalized spacial score (nSPS) is 18.6. The highest BCUT2D eigenvalue weighted by Crippen LogP contribution is 2.27. The minimum atomic E-state index is -0.209. The zero-order valence-corrected chi connectivity index (χ0v) is 12.8. The molecule has 112 valence electrons. The van der Waals surface area contributed by atoms with Gasteiger partial charge in [-0.3, -0.25) is 4.90 Å². The Morgan fingerprint density at radius 2 is 1.80 bits per heavy atom. The molecule has 1 aliphatic heterocycles. The van der Waals surface area contributed by atoms with E-state index in [-0.39, 0.29) is 11.9 Å². The largest absolute Gasteiger partial charge is 0.369 e. The van der Waals surface area contributed by atoms with Gasteiger partial charge in [-0.05, 0) is 36.6 Å². The number of nitrogens with two attached hydrogens (primary N) is 1. The second-order valence-electron chi connectivity index (χ2n) is 6.17. The van der Waals surface area contributed by atoms with Crippen LogP contribution in [0.4, 0.5) is 10.1 Å². The highest BCUT2D eigenvalue weighted by molar-refractivity contribution is 5.55. The van der Waals surface area contributed by atoms with Crippen LogP contribution in [0.3, 0.4) is 0 Å². The van der Waals surface area contributed by atoms with Gasteiger partial charge < -0.3 is 10.6 Å². The van der Waals surface area contributed by atoms with Crippen LogP contribution in [-0.2, 0) is 0 Å². The average Bonchev–Trinajstić information content (AvgIpc) is 2.39. The lowest BCUT2D eigenvalue weighted by Crippen LogP contribution is -2.47. The molecule has 1 saturated heterocycles. The molecule has 0 spiro atoms. The quantitative estimate of drug-likeness (QED) is 0.919. The first-order chi connectivity index (χ1) is 9.47. The maximum atomic E-state index is 13.4. The minimum Gasteiger partial charge on any atom is -0.369 e. The van der Waals surface area contributed by atoms with Crippen LogP contribution in [-0.4, -0.2) is 37.6 Å². The lowest BCUT2D eigenvalue weighted by molar-refractivity contribution is 0.231. The molecule has 0 aromatic heterocycles. The molecule has 1 aromatic rings. The molecule has 1 heterocycles. The molecule has 3 nitrogen and oxygen atoms in total. The first-order valence-corrected chi connectivity index (χ1v) is 7.49. The van der Waals surface area contributed by atoms with Crippen molar-refractivity contribution in [3.63, 3.8) is 0 Å². The number of rotatable bonds is 4. The second-order valence-corrected chi connectivity index (χ2v) is 6.17. The lowest BCUT2D eigenvalue weighted by atomic mass is 10.0. The van der Waals surface area contributed by atoms with E-state index in [1.807, 2.05) is 13.0 Å². The van der Waals surface area contributed by atoms with E-state index in [1.54, 1.807) is 6.07 Å². The minimum absolute atomic E-state index is 0.144. The van der Waals surface area contributed by atoms with Crippen molar-refractivity contribution < 1.29 is 4.39 Å². The monoisotopic (exact) mass is 279 g/mol. The van der Waals surface area contributed by atoms with Crippen LogP contribution >= 0.6 is 0 Å². The van der Waals surface area contributed by atoms with Crippen molar-refractivity contribution in [2.75, 3.05) is 37.6 Å². The van der Waals surface area contributed by atoms with Gasteiger partial charge in [-0.2, -0.15) is 0 Å². The first-order valence-electron chi connectivity index (χ1n) is 7.49. The Hall–Kier alpha value is -1.13. The van der Waals surface area contributed by atoms with E-state index in [0.29, 0.717) is 5.92 Å². The van der Waals surface area contributed by atoms with Gasteiger partial charge in [0.15, 0.2) is 0 Å². The molecule has 0 bridgehead atoms. The molecule has 0 amide bonds. The number of anilines is 1. The summed E-state index contributed by atoms with van der Waals surface area (Å²) < 4.78 is 13.4. The van der Waals surface area contributed by atoms with E-state index < -0.39 is 0 Å². The number of nitrogens with zero attached hydrogens (tertiary/aromatic N) is 2. The second kappa shape index (κ2) is 6.55. The van der Waals surface area contributed by atoms with Crippen LogP contribution in [0.25, 0.3) is 0 Å². The number of hydrogen-bond donors (Lipinski definition) is 1. The molecule has 0 unspecified atom stereocenters. The van der Waals surface area contributed by atoms with Crippen molar-refractivity contribution in [1.82, 2.24) is 4.90 Å². The summed E-state index contributed by atoms with van der Waals surface area (Å²) in [6.45, 7) is 11.7. The smallest absolute Gasteiger partial charge is 0.123 e. The third-order valence-electron chi connectivity index (χ3n) is 3.82. The topological polar surface area (TPSA) is 32.5 Å². The van der Waals surface area contributed by atoms with Crippen molar-refractivity contribution in [2.24, 2.45) is 11.7 Å². The van der Waals surface area contributed by atoms with Gasteiger partial charge in [0, 0.05) is 44.5 Å². The summed E-state index contributed by atoms with van der Waals surface area (Å²) in [7, 11) is 0. The van der Waals surface area contributed by atoms with Gasteiger partial charge in [-0.25, -0.2) is 4.39 Å². The third-order valence-corrected chi connectivity index (χ3v) is 3.82. The number of halogens is 1. The lowest BCUT2D eigenvalue weighted by Gasteiger charge is -2.38. The molecule has 1 atom stereocenters. The Morgan fingerprint density at radius 1 is 1.15 bits per heavy atom. The molecule has 0 aliphatic carbocycles. The highest BCUT2D eigenvalue weighted by atomic mass is 19.1. The van der Waals surface area contributed by atoms with Gasteiger partial charge in [0.2, 0.25) is 0 Å². The zero-order valence-electron chi connectivity index (χ0n) is 12.8. The number of piperazine rings is 1. The summed E-state index contributed by atoms with van der Waals surface area (Å²) in [5.74, 6) is 0.492.